The third-order valence-electron chi connectivity index (χ3n) is 3.05. The van der Waals surface area contributed by atoms with E-state index >= 15 is 0 Å². The lowest BCUT2D eigenvalue weighted by molar-refractivity contribution is -0.137. The molecule has 110 valence electrons. The van der Waals surface area contributed by atoms with Crippen molar-refractivity contribution in [3.8, 4) is 11.1 Å². The van der Waals surface area contributed by atoms with Crippen LogP contribution >= 0.6 is 0 Å². The number of halogens is 4. The minimum absolute atomic E-state index is 0.206. The maximum absolute atomic E-state index is 13.8. The van der Waals surface area contributed by atoms with Gasteiger partial charge >= 0.3 is 12.1 Å². The Bertz CT molecular complexity index is 665. The van der Waals surface area contributed by atoms with E-state index in [0.29, 0.717) is 11.1 Å². The third-order valence-corrected chi connectivity index (χ3v) is 3.05. The van der Waals surface area contributed by atoms with E-state index in [1.807, 2.05) is 0 Å². The predicted molar refractivity (Wildman–Crippen MR) is 68.5 cm³/mol. The van der Waals surface area contributed by atoms with E-state index in [9.17, 15) is 22.4 Å². The van der Waals surface area contributed by atoms with Gasteiger partial charge in [0.2, 0.25) is 0 Å². The lowest BCUT2D eigenvalue weighted by Gasteiger charge is -2.10. The summed E-state index contributed by atoms with van der Waals surface area (Å²) < 4.78 is 51.2. The molecule has 0 saturated carbocycles. The number of hydrogen-bond donors (Lipinski definition) is 1. The van der Waals surface area contributed by atoms with Crippen LogP contribution < -0.4 is 0 Å². The molecule has 0 saturated heterocycles. The molecule has 1 N–H and O–H groups in total. The third kappa shape index (κ3) is 3.04. The van der Waals surface area contributed by atoms with Crippen molar-refractivity contribution < 1.29 is 27.5 Å². The smallest absolute Gasteiger partial charge is 0.416 e. The average molecular weight is 298 g/mol. The molecule has 0 aliphatic rings. The molecule has 0 unspecified atom stereocenters. The molecule has 0 aromatic heterocycles. The van der Waals surface area contributed by atoms with Crippen LogP contribution in [0.3, 0.4) is 0 Å². The number of hydrogen-bond acceptors (Lipinski definition) is 1. The molecule has 2 aromatic rings. The van der Waals surface area contributed by atoms with Gasteiger partial charge in [0.05, 0.1) is 11.1 Å². The van der Waals surface area contributed by atoms with Gasteiger partial charge in [-0.15, -0.1) is 0 Å². The fourth-order valence-electron chi connectivity index (χ4n) is 2.03. The molecular formula is C15H10F4O2. The van der Waals surface area contributed by atoms with E-state index in [4.69, 9.17) is 5.11 Å². The number of benzene rings is 2. The second-order valence-electron chi connectivity index (χ2n) is 4.53. The van der Waals surface area contributed by atoms with Crippen molar-refractivity contribution in [3.63, 3.8) is 0 Å². The maximum atomic E-state index is 13.8. The summed E-state index contributed by atoms with van der Waals surface area (Å²) in [4.78, 5) is 10.9. The number of alkyl halides is 3. The minimum atomic E-state index is -4.44. The van der Waals surface area contributed by atoms with Crippen LogP contribution in [0.5, 0.6) is 0 Å². The van der Waals surface area contributed by atoms with E-state index in [1.54, 1.807) is 0 Å². The number of rotatable bonds is 2. The summed E-state index contributed by atoms with van der Waals surface area (Å²) >= 11 is 0. The van der Waals surface area contributed by atoms with Gasteiger partial charge in [-0.05, 0) is 41.8 Å². The van der Waals surface area contributed by atoms with Crippen molar-refractivity contribution in [3.05, 3.63) is 58.9 Å². The van der Waals surface area contributed by atoms with E-state index < -0.39 is 29.1 Å². The zero-order chi connectivity index (χ0) is 15.8. The molecule has 0 fully saturated rings. The minimum Gasteiger partial charge on any atom is -0.478 e. The van der Waals surface area contributed by atoms with Crippen molar-refractivity contribution in [1.82, 2.24) is 0 Å². The topological polar surface area (TPSA) is 37.3 Å². The highest BCUT2D eigenvalue weighted by Crippen LogP contribution is 2.31. The first kappa shape index (κ1) is 15.0. The number of aromatic carboxylic acids is 1. The summed E-state index contributed by atoms with van der Waals surface area (Å²) in [7, 11) is 0. The second-order valence-corrected chi connectivity index (χ2v) is 4.53. The molecule has 6 heteroatoms. The first-order valence-electron chi connectivity index (χ1n) is 5.91. The molecule has 2 nitrogen and oxygen atoms in total. The van der Waals surface area contributed by atoms with Crippen LogP contribution in [0.4, 0.5) is 17.6 Å². The number of carboxylic acid groups (broad SMARTS) is 1. The Labute approximate surface area is 117 Å². The second kappa shape index (κ2) is 5.20. The summed E-state index contributed by atoms with van der Waals surface area (Å²) in [5.74, 6) is -2.30. The summed E-state index contributed by atoms with van der Waals surface area (Å²) in [6, 6.07) is 6.66. The van der Waals surface area contributed by atoms with Crippen LogP contribution in [0.2, 0.25) is 0 Å². The molecule has 0 bridgehead atoms. The van der Waals surface area contributed by atoms with Gasteiger partial charge in [0, 0.05) is 0 Å². The van der Waals surface area contributed by atoms with Gasteiger partial charge in [-0.3, -0.25) is 0 Å². The summed E-state index contributed by atoms with van der Waals surface area (Å²) in [5, 5.41) is 8.87. The number of carboxylic acids is 1. The van der Waals surface area contributed by atoms with Gasteiger partial charge < -0.3 is 5.11 Å². The summed E-state index contributed by atoms with van der Waals surface area (Å²) in [6.07, 6.45) is -4.44. The van der Waals surface area contributed by atoms with E-state index in [-0.39, 0.29) is 5.56 Å². The monoisotopic (exact) mass is 298 g/mol. The lowest BCUT2D eigenvalue weighted by Crippen LogP contribution is -2.05. The average Bonchev–Trinajstić information content (AvgIpc) is 2.36. The Kier molecular flexibility index (Phi) is 3.72. The number of carbonyl (C=O) groups is 1. The number of aryl methyl sites for hydroxylation is 1. The molecule has 0 aliphatic heterocycles. The van der Waals surface area contributed by atoms with Gasteiger partial charge in [0.15, 0.2) is 0 Å². The van der Waals surface area contributed by atoms with Gasteiger partial charge in [-0.25, -0.2) is 9.18 Å². The van der Waals surface area contributed by atoms with E-state index in [0.717, 1.165) is 18.2 Å². The van der Waals surface area contributed by atoms with Crippen LogP contribution in [0, 0.1) is 12.7 Å². The molecule has 0 heterocycles. The van der Waals surface area contributed by atoms with Crippen LogP contribution in [-0.4, -0.2) is 11.1 Å². The molecule has 2 aromatic carbocycles. The van der Waals surface area contributed by atoms with Crippen LogP contribution in [0.1, 0.15) is 21.5 Å². The Morgan fingerprint density at radius 1 is 1.05 bits per heavy atom. The highest BCUT2D eigenvalue weighted by Gasteiger charge is 2.30. The van der Waals surface area contributed by atoms with Gasteiger partial charge in [-0.1, -0.05) is 18.2 Å². The van der Waals surface area contributed by atoms with Crippen molar-refractivity contribution in [1.29, 1.82) is 0 Å². The zero-order valence-corrected chi connectivity index (χ0v) is 10.8. The lowest BCUT2D eigenvalue weighted by atomic mass is 9.98. The Morgan fingerprint density at radius 3 is 2.05 bits per heavy atom. The van der Waals surface area contributed by atoms with Crippen molar-refractivity contribution in [2.24, 2.45) is 0 Å². The SMILES string of the molecule is Cc1cc(-c2ccc(C(F)(F)F)cc2)cc(F)c1C(=O)O. The standard InChI is InChI=1S/C15H10F4O2/c1-8-6-10(7-12(16)13(8)14(20)21)9-2-4-11(5-3-9)15(17,18)19/h2-7H,1H3,(H,20,21). The van der Waals surface area contributed by atoms with Crippen LogP contribution in [0.25, 0.3) is 11.1 Å². The Hall–Kier alpha value is -2.37. The molecule has 2 rings (SSSR count). The first-order valence-corrected chi connectivity index (χ1v) is 5.91. The Morgan fingerprint density at radius 2 is 1.62 bits per heavy atom. The zero-order valence-electron chi connectivity index (χ0n) is 10.8. The molecule has 21 heavy (non-hydrogen) atoms. The highest BCUT2D eigenvalue weighted by atomic mass is 19.4. The maximum Gasteiger partial charge on any atom is 0.416 e. The van der Waals surface area contributed by atoms with E-state index in [2.05, 4.69) is 0 Å². The quantitative estimate of drug-likeness (QED) is 0.828. The molecular weight excluding hydrogens is 288 g/mol. The molecule has 0 spiro atoms. The highest BCUT2D eigenvalue weighted by molar-refractivity contribution is 5.90. The fraction of sp³-hybridized carbons (Fsp3) is 0.133. The van der Waals surface area contributed by atoms with Gasteiger partial charge in [-0.2, -0.15) is 13.2 Å². The van der Waals surface area contributed by atoms with Crippen LogP contribution in [-0.2, 0) is 6.18 Å². The normalized spacial score (nSPS) is 11.5. The molecule has 0 aliphatic carbocycles. The summed E-state index contributed by atoms with van der Waals surface area (Å²) in [5.41, 5.74) is -0.334. The largest absolute Gasteiger partial charge is 0.478 e. The predicted octanol–water partition coefficient (Wildman–Crippen LogP) is 4.52. The van der Waals surface area contributed by atoms with E-state index in [1.165, 1.54) is 25.1 Å². The molecule has 0 amide bonds. The van der Waals surface area contributed by atoms with Crippen LogP contribution in [0.15, 0.2) is 36.4 Å². The first-order chi connectivity index (χ1) is 9.70. The Balaban J connectivity index is 2.46. The van der Waals surface area contributed by atoms with Gasteiger partial charge in [0.25, 0.3) is 0 Å². The van der Waals surface area contributed by atoms with Gasteiger partial charge in [0.1, 0.15) is 5.82 Å². The fourth-order valence-corrected chi connectivity index (χ4v) is 2.03. The van der Waals surface area contributed by atoms with Crippen molar-refractivity contribution >= 4 is 5.97 Å². The molecule has 0 atom stereocenters. The summed E-state index contributed by atoms with van der Waals surface area (Å²) in [6.45, 7) is 1.43. The molecule has 0 radical (unpaired) electrons. The van der Waals surface area contributed by atoms with Crippen molar-refractivity contribution in [2.45, 2.75) is 13.1 Å². The van der Waals surface area contributed by atoms with Crippen molar-refractivity contribution in [2.75, 3.05) is 0 Å².